The normalized spacial score (nSPS) is 65.2. The summed E-state index contributed by atoms with van der Waals surface area (Å²) in [5, 5.41) is 9.90. The lowest BCUT2D eigenvalue weighted by molar-refractivity contribution is -0.368. The van der Waals surface area contributed by atoms with E-state index in [0.717, 1.165) is 15.9 Å². The summed E-state index contributed by atoms with van der Waals surface area (Å²) in [4.78, 5) is 21.1. The van der Waals surface area contributed by atoms with Crippen LogP contribution in [0.2, 0.25) is 0 Å². The number of nitrogens with two attached hydrogens (primary N) is 1. The van der Waals surface area contributed by atoms with Crippen molar-refractivity contribution in [3.05, 3.63) is 22.8 Å². The van der Waals surface area contributed by atoms with E-state index in [2.05, 4.69) is 25.3 Å². The zero-order valence-electron chi connectivity index (χ0n) is 12.3. The van der Waals surface area contributed by atoms with Gasteiger partial charge in [-0.15, -0.1) is 0 Å². The van der Waals surface area contributed by atoms with Gasteiger partial charge in [-0.05, 0) is 62.3 Å². The Morgan fingerprint density at radius 2 is 2.04 bits per heavy atom. The summed E-state index contributed by atoms with van der Waals surface area (Å²) in [6.45, 7) is 0. The average Bonchev–Trinajstić information content (AvgIpc) is 3.29. The maximum atomic E-state index is 12.0. The summed E-state index contributed by atoms with van der Waals surface area (Å²) >= 11 is 3.57. The molecule has 7 fully saturated rings. The van der Waals surface area contributed by atoms with Crippen molar-refractivity contribution in [2.24, 2.45) is 51.8 Å². The summed E-state index contributed by atoms with van der Waals surface area (Å²) in [6, 6.07) is 0. The highest BCUT2D eigenvalue weighted by Gasteiger charge is 3.32. The Balaban J connectivity index is 1.35. The van der Waals surface area contributed by atoms with Crippen molar-refractivity contribution in [2.45, 2.75) is 5.41 Å². The molecule has 7 heteroatoms. The summed E-state index contributed by atoms with van der Waals surface area (Å²) < 4.78 is 2.89. The molecule has 7 aliphatic carbocycles. The number of carboxylic acids is 1. The van der Waals surface area contributed by atoms with Crippen molar-refractivity contribution in [1.29, 1.82) is 0 Å². The molecule has 9 rings (SSSR count). The first-order valence-corrected chi connectivity index (χ1v) is 9.39. The molecule has 10 unspecified atom stereocenters. The van der Waals surface area contributed by atoms with Crippen LogP contribution in [0.15, 0.2) is 17.0 Å². The van der Waals surface area contributed by atoms with Crippen LogP contribution >= 0.6 is 15.9 Å². The monoisotopic (exact) mass is 382 g/mol. The van der Waals surface area contributed by atoms with Gasteiger partial charge in [0.15, 0.2) is 5.82 Å². The number of hydrogen-bond acceptors (Lipinski definition) is 4. The number of carbonyl (C=O) groups is 1. The molecule has 2 aromatic heterocycles. The van der Waals surface area contributed by atoms with Gasteiger partial charge in [-0.2, -0.15) is 0 Å². The van der Waals surface area contributed by atoms with E-state index < -0.39 is 5.97 Å². The van der Waals surface area contributed by atoms with Gasteiger partial charge in [-0.3, -0.25) is 9.20 Å². The number of anilines is 1. The number of aliphatic carboxylic acids is 1. The van der Waals surface area contributed by atoms with Gasteiger partial charge < -0.3 is 10.8 Å². The van der Waals surface area contributed by atoms with Crippen LogP contribution in [0, 0.1) is 51.8 Å². The van der Waals surface area contributed by atoms with Crippen LogP contribution in [0.5, 0.6) is 0 Å². The first-order chi connectivity index (χ1) is 11.6. The molecule has 6 nitrogen and oxygen atoms in total. The Bertz CT molecular complexity index is 1140. The molecule has 0 aromatic carbocycles. The van der Waals surface area contributed by atoms with Crippen LogP contribution in [0.4, 0.5) is 5.82 Å². The standard InChI is InChI=1S/C17H11BrN4O2/c18-10-5-11(19)20-1-2-22(5)12(21-10)14-3-7-15(13(23)24)4-6(14)16(14)8(3)17(7,15)9(4)16/h1-4,6-9H,(H2,19,20)(H,23,24). The number of nitrogen functional groups attached to an aromatic ring is 1. The number of hydrogen-bond donors (Lipinski definition) is 2. The summed E-state index contributed by atoms with van der Waals surface area (Å²) in [6.07, 6.45) is 3.70. The van der Waals surface area contributed by atoms with E-state index in [1.165, 1.54) is 0 Å². The Labute approximate surface area is 143 Å². The van der Waals surface area contributed by atoms with E-state index in [-0.39, 0.29) is 16.2 Å². The van der Waals surface area contributed by atoms with Crippen molar-refractivity contribution in [3.63, 3.8) is 0 Å². The second-order valence-corrected chi connectivity index (χ2v) is 9.88. The minimum Gasteiger partial charge on any atom is -0.481 e. The zero-order chi connectivity index (χ0) is 15.8. The van der Waals surface area contributed by atoms with Crippen LogP contribution in [-0.4, -0.2) is 25.4 Å². The lowest BCUT2D eigenvalue weighted by atomic mass is 9.20. The van der Waals surface area contributed by atoms with Crippen molar-refractivity contribution in [2.75, 3.05) is 5.73 Å². The van der Waals surface area contributed by atoms with Gasteiger partial charge in [-0.1, -0.05) is 0 Å². The number of imidazole rings is 1. The highest BCUT2D eigenvalue weighted by molar-refractivity contribution is 9.10. The summed E-state index contributed by atoms with van der Waals surface area (Å²) in [7, 11) is 0. The maximum absolute atomic E-state index is 12.0. The molecule has 10 atom stereocenters. The van der Waals surface area contributed by atoms with E-state index in [9.17, 15) is 9.90 Å². The molecule has 3 N–H and O–H groups in total. The molecule has 2 aromatic rings. The molecule has 7 aliphatic rings. The van der Waals surface area contributed by atoms with E-state index in [4.69, 9.17) is 10.7 Å². The van der Waals surface area contributed by atoms with Gasteiger partial charge >= 0.3 is 5.97 Å². The van der Waals surface area contributed by atoms with Gasteiger partial charge in [0.25, 0.3) is 0 Å². The van der Waals surface area contributed by atoms with E-state index >= 15 is 0 Å². The molecule has 0 amide bonds. The lowest BCUT2D eigenvalue weighted by Crippen LogP contribution is -2.83. The molecule has 0 radical (unpaired) electrons. The fourth-order valence-corrected chi connectivity index (χ4v) is 11.2. The maximum Gasteiger partial charge on any atom is 0.310 e. The summed E-state index contributed by atoms with van der Waals surface area (Å²) in [5.74, 6) is 4.48. The Morgan fingerprint density at radius 1 is 1.25 bits per heavy atom. The first kappa shape index (κ1) is 11.1. The third kappa shape index (κ3) is 0.479. The SMILES string of the molecule is Nc1nccn2c(C34C5C6C7(C(=O)O)C8C3C43C8C67C53)nc(Br)c12. The average molecular weight is 383 g/mol. The number of rotatable bonds is 2. The van der Waals surface area contributed by atoms with E-state index in [0.29, 0.717) is 46.7 Å². The second-order valence-electron chi connectivity index (χ2n) is 9.13. The largest absolute Gasteiger partial charge is 0.481 e. The fraction of sp³-hybridized carbons (Fsp3) is 0.588. The minimum absolute atomic E-state index is 0.150. The third-order valence-electron chi connectivity index (χ3n) is 10.1. The zero-order valence-corrected chi connectivity index (χ0v) is 13.9. The van der Waals surface area contributed by atoms with Gasteiger partial charge in [0, 0.05) is 17.8 Å². The van der Waals surface area contributed by atoms with Crippen LogP contribution in [0.3, 0.4) is 0 Å². The minimum atomic E-state index is -0.502. The van der Waals surface area contributed by atoms with Crippen molar-refractivity contribution in [3.8, 4) is 0 Å². The highest BCUT2D eigenvalue weighted by atomic mass is 79.9. The molecule has 7 saturated carbocycles. The third-order valence-corrected chi connectivity index (χ3v) is 10.6. The van der Waals surface area contributed by atoms with Gasteiger partial charge in [0.05, 0.1) is 5.41 Å². The van der Waals surface area contributed by atoms with Crippen molar-refractivity contribution in [1.82, 2.24) is 14.4 Å². The van der Waals surface area contributed by atoms with Gasteiger partial charge in [-0.25, -0.2) is 9.97 Å². The van der Waals surface area contributed by atoms with Crippen LogP contribution in [0.1, 0.15) is 5.82 Å². The molecular weight excluding hydrogens is 372 g/mol. The molecule has 2 heterocycles. The molecule has 0 saturated heterocycles. The first-order valence-electron chi connectivity index (χ1n) is 8.59. The second kappa shape index (κ2) is 2.28. The van der Waals surface area contributed by atoms with Gasteiger partial charge in [0.1, 0.15) is 15.9 Å². The van der Waals surface area contributed by atoms with Crippen molar-refractivity contribution < 1.29 is 9.90 Å². The number of aromatic nitrogens is 3. The molecule has 24 heavy (non-hydrogen) atoms. The van der Waals surface area contributed by atoms with Gasteiger partial charge in [0.2, 0.25) is 0 Å². The predicted molar refractivity (Wildman–Crippen MR) is 82.7 cm³/mol. The smallest absolute Gasteiger partial charge is 0.310 e. The molecule has 0 bridgehead atoms. The van der Waals surface area contributed by atoms with E-state index in [1.807, 2.05) is 6.20 Å². The molecular formula is C17H11BrN4O2. The van der Waals surface area contributed by atoms with Crippen LogP contribution in [-0.2, 0) is 10.2 Å². The van der Waals surface area contributed by atoms with Crippen LogP contribution < -0.4 is 5.73 Å². The number of fused-ring (bicyclic) bond motifs is 7. The Morgan fingerprint density at radius 3 is 2.79 bits per heavy atom. The van der Waals surface area contributed by atoms with Crippen molar-refractivity contribution >= 4 is 33.2 Å². The summed E-state index contributed by atoms with van der Waals surface area (Å²) in [5.41, 5.74) is 7.43. The highest BCUT2D eigenvalue weighted by Crippen LogP contribution is 3.30. The fourth-order valence-electron chi connectivity index (χ4n) is 10.6. The van der Waals surface area contributed by atoms with Crippen LogP contribution in [0.25, 0.3) is 5.52 Å². The topological polar surface area (TPSA) is 93.5 Å². The quantitative estimate of drug-likeness (QED) is 0.812. The Kier molecular flexibility index (Phi) is 1.05. The number of halogens is 1. The predicted octanol–water partition coefficient (Wildman–Crippen LogP) is 1.15. The number of carboxylic acid groups (broad SMARTS) is 1. The molecule has 2 spiro atoms. The molecule has 0 aliphatic heterocycles. The van der Waals surface area contributed by atoms with E-state index in [1.54, 1.807) is 6.20 Å². The Hall–Kier alpha value is -1.63. The molecule has 118 valence electrons. The number of nitrogens with zero attached hydrogens (tertiary/aromatic N) is 3. The lowest BCUT2D eigenvalue weighted by Gasteiger charge is -2.82.